The maximum Gasteiger partial charge on any atom is 0.416 e. The average molecular weight is 305 g/mol. The standard InChI is InChI=1S/C13H14F3NO4/c1-2-9(12(20)21)17-11(19)10(18)7-3-5-8(6-4-7)13(14,15)16/h3-6,9-10,18H,2H2,1H3,(H,17,19)(H,20,21)/t9-,10+/m0/s1. The van der Waals surface area contributed by atoms with Gasteiger partial charge in [-0.15, -0.1) is 0 Å². The minimum absolute atomic E-state index is 0.0549. The Labute approximate surface area is 118 Å². The molecular weight excluding hydrogens is 291 g/mol. The SMILES string of the molecule is CC[C@H](NC(=O)[C@H](O)c1ccc(C(F)(F)F)cc1)C(=O)O. The number of amides is 1. The molecule has 3 N–H and O–H groups in total. The Morgan fingerprint density at radius 3 is 2.14 bits per heavy atom. The second kappa shape index (κ2) is 6.57. The number of rotatable bonds is 5. The van der Waals surface area contributed by atoms with Gasteiger partial charge in [0.25, 0.3) is 5.91 Å². The van der Waals surface area contributed by atoms with Crippen LogP contribution in [0.25, 0.3) is 0 Å². The van der Waals surface area contributed by atoms with E-state index in [1.54, 1.807) is 0 Å². The van der Waals surface area contributed by atoms with Crippen LogP contribution in [0, 0.1) is 0 Å². The fourth-order valence-corrected chi connectivity index (χ4v) is 1.59. The molecule has 8 heteroatoms. The Kier molecular flexibility index (Phi) is 5.31. The van der Waals surface area contributed by atoms with E-state index in [0.29, 0.717) is 0 Å². The number of nitrogens with one attached hydrogen (secondary N) is 1. The summed E-state index contributed by atoms with van der Waals surface area (Å²) in [4.78, 5) is 22.4. The third-order valence-corrected chi connectivity index (χ3v) is 2.82. The van der Waals surface area contributed by atoms with Gasteiger partial charge in [0.05, 0.1) is 5.56 Å². The van der Waals surface area contributed by atoms with Gasteiger partial charge >= 0.3 is 12.1 Å². The quantitative estimate of drug-likeness (QED) is 0.773. The number of hydrogen-bond donors (Lipinski definition) is 3. The fourth-order valence-electron chi connectivity index (χ4n) is 1.59. The van der Waals surface area contributed by atoms with Crippen molar-refractivity contribution in [3.05, 3.63) is 35.4 Å². The molecule has 0 aromatic heterocycles. The lowest BCUT2D eigenvalue weighted by Gasteiger charge is -2.16. The molecule has 0 bridgehead atoms. The summed E-state index contributed by atoms with van der Waals surface area (Å²) in [6.07, 6.45) is -6.14. The molecule has 1 rings (SSSR count). The van der Waals surface area contributed by atoms with E-state index in [-0.39, 0.29) is 12.0 Å². The van der Waals surface area contributed by atoms with Crippen LogP contribution in [0.1, 0.15) is 30.6 Å². The first kappa shape index (κ1) is 17.0. The summed E-state index contributed by atoms with van der Waals surface area (Å²) < 4.78 is 37.1. The molecule has 1 amide bonds. The van der Waals surface area contributed by atoms with Gasteiger partial charge in [-0.1, -0.05) is 19.1 Å². The summed E-state index contributed by atoms with van der Waals surface area (Å²) >= 11 is 0. The molecule has 1 aromatic carbocycles. The van der Waals surface area contributed by atoms with Crippen molar-refractivity contribution in [3.8, 4) is 0 Å². The smallest absolute Gasteiger partial charge is 0.416 e. The van der Waals surface area contributed by atoms with Gasteiger partial charge in [0.2, 0.25) is 0 Å². The van der Waals surface area contributed by atoms with Crippen LogP contribution in [0.5, 0.6) is 0 Å². The van der Waals surface area contributed by atoms with E-state index >= 15 is 0 Å². The van der Waals surface area contributed by atoms with E-state index in [4.69, 9.17) is 5.11 Å². The molecule has 0 heterocycles. The summed E-state index contributed by atoms with van der Waals surface area (Å²) in [6, 6.07) is 2.24. The number of carboxylic acid groups (broad SMARTS) is 1. The van der Waals surface area contributed by atoms with Crippen LogP contribution in [0.3, 0.4) is 0 Å². The number of carbonyl (C=O) groups is 2. The maximum atomic E-state index is 12.4. The maximum absolute atomic E-state index is 12.4. The Morgan fingerprint density at radius 1 is 1.24 bits per heavy atom. The van der Waals surface area contributed by atoms with E-state index in [1.165, 1.54) is 6.92 Å². The van der Waals surface area contributed by atoms with Gasteiger partial charge in [0.1, 0.15) is 6.04 Å². The molecule has 0 aliphatic rings. The zero-order chi connectivity index (χ0) is 16.2. The number of aliphatic carboxylic acids is 1. The number of aliphatic hydroxyl groups excluding tert-OH is 1. The van der Waals surface area contributed by atoms with Crippen molar-refractivity contribution in [2.24, 2.45) is 0 Å². The van der Waals surface area contributed by atoms with Crippen LogP contribution in [0.2, 0.25) is 0 Å². The van der Waals surface area contributed by atoms with Crippen molar-refractivity contribution in [2.75, 3.05) is 0 Å². The largest absolute Gasteiger partial charge is 0.480 e. The van der Waals surface area contributed by atoms with Crippen molar-refractivity contribution >= 4 is 11.9 Å². The lowest BCUT2D eigenvalue weighted by molar-refractivity contribution is -0.143. The number of benzene rings is 1. The van der Waals surface area contributed by atoms with Gasteiger partial charge in [0.15, 0.2) is 6.10 Å². The molecule has 0 aliphatic heterocycles. The van der Waals surface area contributed by atoms with E-state index in [2.05, 4.69) is 5.32 Å². The zero-order valence-corrected chi connectivity index (χ0v) is 11.0. The predicted molar refractivity (Wildman–Crippen MR) is 66.3 cm³/mol. The molecule has 5 nitrogen and oxygen atoms in total. The lowest BCUT2D eigenvalue weighted by atomic mass is 10.1. The number of hydrogen-bond acceptors (Lipinski definition) is 3. The molecule has 0 saturated carbocycles. The van der Waals surface area contributed by atoms with Crippen molar-refractivity contribution in [1.82, 2.24) is 5.32 Å². The molecule has 21 heavy (non-hydrogen) atoms. The Hall–Kier alpha value is -2.09. The normalized spacial score (nSPS) is 14.3. The Morgan fingerprint density at radius 2 is 1.76 bits per heavy atom. The third-order valence-electron chi connectivity index (χ3n) is 2.82. The molecule has 0 saturated heterocycles. The highest BCUT2D eigenvalue weighted by Crippen LogP contribution is 2.29. The van der Waals surface area contributed by atoms with Crippen molar-refractivity contribution in [3.63, 3.8) is 0 Å². The van der Waals surface area contributed by atoms with Crippen LogP contribution >= 0.6 is 0 Å². The molecular formula is C13H14F3NO4. The molecule has 1 aromatic rings. The van der Waals surface area contributed by atoms with Gasteiger partial charge in [-0.25, -0.2) is 4.79 Å². The van der Waals surface area contributed by atoms with Gasteiger partial charge in [0, 0.05) is 0 Å². The highest BCUT2D eigenvalue weighted by atomic mass is 19.4. The molecule has 0 unspecified atom stereocenters. The van der Waals surface area contributed by atoms with Crippen LogP contribution in [0.15, 0.2) is 24.3 Å². The van der Waals surface area contributed by atoms with Crippen LogP contribution in [0.4, 0.5) is 13.2 Å². The van der Waals surface area contributed by atoms with Gasteiger partial charge < -0.3 is 15.5 Å². The summed E-state index contributed by atoms with van der Waals surface area (Å²) in [5.41, 5.74) is -0.962. The second-order valence-corrected chi connectivity index (χ2v) is 4.33. The summed E-state index contributed by atoms with van der Waals surface area (Å²) in [7, 11) is 0. The molecule has 116 valence electrons. The predicted octanol–water partition coefficient (Wildman–Crippen LogP) is 1.72. The number of halogens is 3. The van der Waals surface area contributed by atoms with Crippen LogP contribution in [-0.2, 0) is 15.8 Å². The van der Waals surface area contributed by atoms with Gasteiger partial charge in [-0.05, 0) is 24.1 Å². The van der Waals surface area contributed by atoms with Crippen LogP contribution < -0.4 is 5.32 Å². The monoisotopic (exact) mass is 305 g/mol. The molecule has 0 radical (unpaired) electrons. The average Bonchev–Trinajstić information content (AvgIpc) is 2.42. The highest BCUT2D eigenvalue weighted by Gasteiger charge is 2.31. The number of alkyl halides is 3. The number of carbonyl (C=O) groups excluding carboxylic acids is 1. The first-order valence-electron chi connectivity index (χ1n) is 6.05. The highest BCUT2D eigenvalue weighted by molar-refractivity contribution is 5.86. The minimum Gasteiger partial charge on any atom is -0.480 e. The lowest BCUT2D eigenvalue weighted by Crippen LogP contribution is -2.42. The van der Waals surface area contributed by atoms with E-state index in [1.807, 2.05) is 0 Å². The Bertz CT molecular complexity index is 513. The summed E-state index contributed by atoms with van der Waals surface area (Å²) in [6.45, 7) is 1.53. The molecule has 2 atom stereocenters. The molecule has 0 aliphatic carbocycles. The number of aliphatic hydroxyl groups is 1. The van der Waals surface area contributed by atoms with Crippen molar-refractivity contribution < 1.29 is 33.0 Å². The first-order chi connectivity index (χ1) is 9.66. The van der Waals surface area contributed by atoms with Gasteiger partial charge in [-0.3, -0.25) is 4.79 Å². The van der Waals surface area contributed by atoms with Crippen molar-refractivity contribution in [1.29, 1.82) is 0 Å². The van der Waals surface area contributed by atoms with E-state index in [0.717, 1.165) is 24.3 Å². The topological polar surface area (TPSA) is 86.6 Å². The third kappa shape index (κ3) is 4.45. The minimum atomic E-state index is -4.51. The van der Waals surface area contributed by atoms with E-state index in [9.17, 15) is 27.9 Å². The number of carboxylic acids is 1. The van der Waals surface area contributed by atoms with E-state index < -0.39 is 35.8 Å². The Balaban J connectivity index is 2.81. The first-order valence-corrected chi connectivity index (χ1v) is 6.05. The van der Waals surface area contributed by atoms with Crippen LogP contribution in [-0.4, -0.2) is 28.1 Å². The zero-order valence-electron chi connectivity index (χ0n) is 11.0. The fraction of sp³-hybridized carbons (Fsp3) is 0.385. The summed E-state index contributed by atoms with van der Waals surface area (Å²) in [5, 5.41) is 20.6. The summed E-state index contributed by atoms with van der Waals surface area (Å²) in [5.74, 6) is -2.24. The van der Waals surface area contributed by atoms with Gasteiger partial charge in [-0.2, -0.15) is 13.2 Å². The second-order valence-electron chi connectivity index (χ2n) is 4.33. The molecule has 0 fully saturated rings. The molecule has 0 spiro atoms. The van der Waals surface area contributed by atoms with Crippen molar-refractivity contribution in [2.45, 2.75) is 31.7 Å².